The Morgan fingerprint density at radius 3 is 2.21 bits per heavy atom. The second kappa shape index (κ2) is 10.7. The van der Waals surface area contributed by atoms with Crippen molar-refractivity contribution in [2.45, 2.75) is 13.0 Å². The van der Waals surface area contributed by atoms with E-state index in [1.54, 1.807) is 36.4 Å². The van der Waals surface area contributed by atoms with E-state index in [0.717, 1.165) is 5.69 Å². The molecule has 0 unspecified atom stereocenters. The van der Waals surface area contributed by atoms with Crippen molar-refractivity contribution in [2.75, 3.05) is 37.5 Å². The number of hydrogen-bond acceptors (Lipinski definition) is 6. The molecule has 0 radical (unpaired) electrons. The Kier molecular flexibility index (Phi) is 8.02. The molecule has 2 aromatic rings. The third-order valence-corrected chi connectivity index (χ3v) is 3.86. The number of ether oxygens (including phenoxy) is 2. The lowest BCUT2D eigenvalue weighted by molar-refractivity contribution is -0.150. The number of nitrogens with one attached hydrogen (secondary N) is 2. The summed E-state index contributed by atoms with van der Waals surface area (Å²) < 4.78 is 10.3. The standard InChI is InChI=1S/C21H25N3O5/c1-15(22-19(25)13-28-18-7-5-4-6-8-18)21(27)29-14-20(26)23-16-9-11-17(12-10-16)24(2)3/h4-12,15H,13-14H2,1-3H3,(H,22,25)(H,23,26)/t15-/m0/s1. The molecule has 0 aliphatic rings. The van der Waals surface area contributed by atoms with Gasteiger partial charge < -0.3 is 25.0 Å². The van der Waals surface area contributed by atoms with Crippen LogP contribution in [-0.4, -0.2) is 51.1 Å². The van der Waals surface area contributed by atoms with Crippen molar-refractivity contribution in [3.05, 3.63) is 54.6 Å². The van der Waals surface area contributed by atoms with Crippen molar-refractivity contribution in [3.8, 4) is 5.75 Å². The van der Waals surface area contributed by atoms with E-state index in [0.29, 0.717) is 11.4 Å². The highest BCUT2D eigenvalue weighted by Crippen LogP contribution is 2.15. The van der Waals surface area contributed by atoms with E-state index in [9.17, 15) is 14.4 Å². The first-order chi connectivity index (χ1) is 13.8. The number of nitrogens with zero attached hydrogens (tertiary/aromatic N) is 1. The van der Waals surface area contributed by atoms with Crippen molar-refractivity contribution in [1.29, 1.82) is 0 Å². The quantitative estimate of drug-likeness (QED) is 0.625. The van der Waals surface area contributed by atoms with Gasteiger partial charge in [0.05, 0.1) is 0 Å². The molecule has 0 aliphatic carbocycles. The Hall–Kier alpha value is -3.55. The minimum absolute atomic E-state index is 0.231. The van der Waals surface area contributed by atoms with E-state index >= 15 is 0 Å². The Bertz CT molecular complexity index is 822. The number of para-hydroxylation sites is 1. The van der Waals surface area contributed by atoms with Crippen LogP contribution in [0.2, 0.25) is 0 Å². The molecular weight excluding hydrogens is 374 g/mol. The summed E-state index contributed by atoms with van der Waals surface area (Å²) in [5.74, 6) is -1.10. The predicted molar refractivity (Wildman–Crippen MR) is 110 cm³/mol. The number of amides is 2. The summed E-state index contributed by atoms with van der Waals surface area (Å²) in [6, 6.07) is 15.2. The van der Waals surface area contributed by atoms with Crippen LogP contribution < -0.4 is 20.3 Å². The molecule has 2 N–H and O–H groups in total. The molecule has 0 saturated carbocycles. The summed E-state index contributed by atoms with van der Waals surface area (Å²) in [5.41, 5.74) is 1.59. The van der Waals surface area contributed by atoms with Crippen LogP contribution in [0, 0.1) is 0 Å². The van der Waals surface area contributed by atoms with Crippen LogP contribution in [0.5, 0.6) is 5.75 Å². The molecular formula is C21H25N3O5. The monoisotopic (exact) mass is 399 g/mol. The van der Waals surface area contributed by atoms with Crippen molar-refractivity contribution in [2.24, 2.45) is 0 Å². The van der Waals surface area contributed by atoms with Crippen molar-refractivity contribution in [1.82, 2.24) is 5.32 Å². The molecule has 0 fully saturated rings. The van der Waals surface area contributed by atoms with E-state index in [4.69, 9.17) is 9.47 Å². The summed E-state index contributed by atoms with van der Waals surface area (Å²) in [7, 11) is 3.83. The first kappa shape index (κ1) is 21.7. The van der Waals surface area contributed by atoms with Gasteiger partial charge in [0.25, 0.3) is 11.8 Å². The number of esters is 1. The Morgan fingerprint density at radius 2 is 1.59 bits per heavy atom. The third-order valence-electron chi connectivity index (χ3n) is 3.86. The average molecular weight is 399 g/mol. The minimum atomic E-state index is -0.908. The lowest BCUT2D eigenvalue weighted by atomic mass is 10.2. The number of anilines is 2. The van der Waals surface area contributed by atoms with Crippen LogP contribution in [-0.2, 0) is 19.1 Å². The molecule has 0 saturated heterocycles. The van der Waals surface area contributed by atoms with Gasteiger partial charge in [-0.3, -0.25) is 9.59 Å². The van der Waals surface area contributed by atoms with Crippen LogP contribution in [0.15, 0.2) is 54.6 Å². The van der Waals surface area contributed by atoms with Gasteiger partial charge in [-0.2, -0.15) is 0 Å². The zero-order valence-corrected chi connectivity index (χ0v) is 16.7. The summed E-state index contributed by atoms with van der Waals surface area (Å²) in [6.45, 7) is 0.792. The minimum Gasteiger partial charge on any atom is -0.484 e. The van der Waals surface area contributed by atoms with Crippen molar-refractivity contribution in [3.63, 3.8) is 0 Å². The molecule has 8 nitrogen and oxygen atoms in total. The maximum atomic E-state index is 12.0. The summed E-state index contributed by atoms with van der Waals surface area (Å²) in [5, 5.41) is 5.10. The zero-order valence-electron chi connectivity index (χ0n) is 16.7. The van der Waals surface area contributed by atoms with Crippen LogP contribution in [0.1, 0.15) is 6.92 Å². The molecule has 1 atom stereocenters. The van der Waals surface area contributed by atoms with Crippen LogP contribution in [0.4, 0.5) is 11.4 Å². The smallest absolute Gasteiger partial charge is 0.328 e. The van der Waals surface area contributed by atoms with Gasteiger partial charge in [-0.25, -0.2) is 4.79 Å². The molecule has 2 amide bonds. The third kappa shape index (κ3) is 7.53. The van der Waals surface area contributed by atoms with Crippen molar-refractivity contribution >= 4 is 29.2 Å². The molecule has 2 rings (SSSR count). The van der Waals surface area contributed by atoms with Gasteiger partial charge in [-0.05, 0) is 43.3 Å². The molecule has 0 bridgehead atoms. The Morgan fingerprint density at radius 1 is 0.931 bits per heavy atom. The lowest BCUT2D eigenvalue weighted by Gasteiger charge is -2.14. The number of carbonyl (C=O) groups is 3. The summed E-state index contributed by atoms with van der Waals surface area (Å²) >= 11 is 0. The second-order valence-electron chi connectivity index (χ2n) is 6.49. The molecule has 154 valence electrons. The number of rotatable bonds is 9. The van der Waals surface area contributed by atoms with Gasteiger partial charge in [0.15, 0.2) is 13.2 Å². The van der Waals surface area contributed by atoms with Gasteiger partial charge in [0, 0.05) is 25.5 Å². The van der Waals surface area contributed by atoms with Crippen LogP contribution in [0.25, 0.3) is 0 Å². The number of hydrogen-bond donors (Lipinski definition) is 2. The number of carbonyl (C=O) groups excluding carboxylic acids is 3. The van der Waals surface area contributed by atoms with Crippen LogP contribution in [0.3, 0.4) is 0 Å². The summed E-state index contributed by atoms with van der Waals surface area (Å²) in [4.78, 5) is 37.7. The van der Waals surface area contributed by atoms with E-state index < -0.39 is 30.4 Å². The lowest BCUT2D eigenvalue weighted by Crippen LogP contribution is -2.42. The molecule has 8 heteroatoms. The molecule has 2 aromatic carbocycles. The maximum absolute atomic E-state index is 12.0. The highest BCUT2D eigenvalue weighted by molar-refractivity contribution is 5.93. The molecule has 29 heavy (non-hydrogen) atoms. The van der Waals surface area contributed by atoms with Gasteiger partial charge >= 0.3 is 5.97 Å². The van der Waals surface area contributed by atoms with Crippen LogP contribution >= 0.6 is 0 Å². The summed E-state index contributed by atoms with van der Waals surface area (Å²) in [6.07, 6.45) is 0. The Balaban J connectivity index is 1.70. The molecule has 0 aliphatic heterocycles. The molecule has 0 spiro atoms. The van der Waals surface area contributed by atoms with E-state index in [-0.39, 0.29) is 6.61 Å². The fraction of sp³-hybridized carbons (Fsp3) is 0.286. The maximum Gasteiger partial charge on any atom is 0.328 e. The highest BCUT2D eigenvalue weighted by atomic mass is 16.5. The van der Waals surface area contributed by atoms with Gasteiger partial charge in [-0.15, -0.1) is 0 Å². The fourth-order valence-electron chi connectivity index (χ4n) is 2.31. The predicted octanol–water partition coefficient (Wildman–Crippen LogP) is 1.82. The van der Waals surface area contributed by atoms with Gasteiger partial charge in [0.2, 0.25) is 0 Å². The van der Waals surface area contributed by atoms with E-state index in [1.807, 2.05) is 37.2 Å². The zero-order chi connectivity index (χ0) is 21.2. The first-order valence-electron chi connectivity index (χ1n) is 9.06. The van der Waals surface area contributed by atoms with Gasteiger partial charge in [0.1, 0.15) is 11.8 Å². The second-order valence-corrected chi connectivity index (χ2v) is 6.49. The molecule has 0 heterocycles. The van der Waals surface area contributed by atoms with E-state index in [2.05, 4.69) is 10.6 Å². The topological polar surface area (TPSA) is 97.0 Å². The van der Waals surface area contributed by atoms with Crippen molar-refractivity contribution < 1.29 is 23.9 Å². The first-order valence-corrected chi connectivity index (χ1v) is 9.06. The average Bonchev–Trinajstić information content (AvgIpc) is 2.71. The number of benzene rings is 2. The highest BCUT2D eigenvalue weighted by Gasteiger charge is 2.18. The Labute approximate surface area is 169 Å². The van der Waals surface area contributed by atoms with Gasteiger partial charge in [-0.1, -0.05) is 18.2 Å². The normalized spacial score (nSPS) is 11.1. The SMILES string of the molecule is C[C@H](NC(=O)COc1ccccc1)C(=O)OCC(=O)Nc1ccc(N(C)C)cc1. The van der Waals surface area contributed by atoms with E-state index in [1.165, 1.54) is 6.92 Å². The largest absolute Gasteiger partial charge is 0.484 e. The fourth-order valence-corrected chi connectivity index (χ4v) is 2.31. The molecule has 0 aromatic heterocycles.